The molecule has 2 atom stereocenters. The van der Waals surface area contributed by atoms with E-state index in [1.54, 1.807) is 0 Å². The number of piperidine rings is 1. The maximum absolute atomic E-state index is 13.2. The predicted octanol–water partition coefficient (Wildman–Crippen LogP) is 7.90. The monoisotopic (exact) mass is 505 g/mol. The third-order valence-electron chi connectivity index (χ3n) is 8.47. The summed E-state index contributed by atoms with van der Waals surface area (Å²) in [6.07, 6.45) is 14.1. The van der Waals surface area contributed by atoms with Crippen molar-refractivity contribution in [3.8, 4) is 16.9 Å². The molecule has 1 aromatic carbocycles. The number of hydrogen-bond donors (Lipinski definition) is 1. The Balaban J connectivity index is 1.59. The molecular weight excluding hydrogens is 458 g/mol. The number of pyridine rings is 1. The van der Waals surface area contributed by atoms with Gasteiger partial charge in [-0.2, -0.15) is 0 Å². The number of benzene rings is 1. The van der Waals surface area contributed by atoms with E-state index in [1.807, 2.05) is 18.5 Å². The van der Waals surface area contributed by atoms with E-state index in [0.29, 0.717) is 18.3 Å². The highest BCUT2D eigenvalue weighted by Gasteiger charge is 2.35. The molecule has 1 amide bonds. The number of rotatable bonds is 11. The van der Waals surface area contributed by atoms with Gasteiger partial charge in [-0.15, -0.1) is 0 Å². The summed E-state index contributed by atoms with van der Waals surface area (Å²) < 4.78 is 6.61. The minimum absolute atomic E-state index is 0.0790. The molecule has 0 saturated carbocycles. The van der Waals surface area contributed by atoms with Crippen molar-refractivity contribution in [3.05, 3.63) is 41.7 Å². The summed E-state index contributed by atoms with van der Waals surface area (Å²) in [6, 6.07) is 6.44. The SMILES string of the molecule is CCCCCC(C)C(C)c1cc(NC(=O)CCCN2CCCCC2)c2c(c1)OC(C)(C)c1ccncc1-2. The van der Waals surface area contributed by atoms with Gasteiger partial charge in [0.2, 0.25) is 5.91 Å². The molecule has 2 aliphatic heterocycles. The molecule has 2 aromatic rings. The Morgan fingerprint density at radius 1 is 1.14 bits per heavy atom. The second-order valence-corrected chi connectivity index (χ2v) is 11.8. The van der Waals surface area contributed by atoms with Crippen molar-refractivity contribution >= 4 is 11.6 Å². The number of carbonyl (C=O) groups excluding carboxylic acids is 1. The lowest BCUT2D eigenvalue weighted by Gasteiger charge is -2.36. The van der Waals surface area contributed by atoms with Crippen molar-refractivity contribution in [1.29, 1.82) is 0 Å². The molecule has 2 aliphatic rings. The number of unbranched alkanes of at least 4 members (excludes halogenated alkanes) is 2. The molecule has 3 heterocycles. The minimum atomic E-state index is -0.463. The highest BCUT2D eigenvalue weighted by atomic mass is 16.5. The summed E-state index contributed by atoms with van der Waals surface area (Å²) in [5.74, 6) is 1.86. The van der Waals surface area contributed by atoms with E-state index in [2.05, 4.69) is 62.0 Å². The number of amides is 1. The largest absolute Gasteiger partial charge is 0.482 e. The summed E-state index contributed by atoms with van der Waals surface area (Å²) in [4.78, 5) is 20.1. The first-order valence-electron chi connectivity index (χ1n) is 14.6. The third-order valence-corrected chi connectivity index (χ3v) is 8.47. The van der Waals surface area contributed by atoms with Gasteiger partial charge in [0.15, 0.2) is 0 Å². The molecule has 0 spiro atoms. The number of nitrogens with one attached hydrogen (secondary N) is 1. The second-order valence-electron chi connectivity index (χ2n) is 11.8. The Bertz CT molecular complexity index is 1060. The Morgan fingerprint density at radius 2 is 1.92 bits per heavy atom. The van der Waals surface area contributed by atoms with Gasteiger partial charge >= 0.3 is 0 Å². The maximum Gasteiger partial charge on any atom is 0.224 e. The fourth-order valence-electron chi connectivity index (χ4n) is 5.96. The zero-order chi connectivity index (χ0) is 26.4. The molecule has 4 rings (SSSR count). The lowest BCUT2D eigenvalue weighted by Crippen LogP contribution is -2.31. The molecule has 1 aromatic heterocycles. The zero-order valence-electron chi connectivity index (χ0n) is 23.7. The summed E-state index contributed by atoms with van der Waals surface area (Å²) in [6.45, 7) is 14.5. The van der Waals surface area contributed by atoms with E-state index in [1.165, 1.54) is 63.6 Å². The van der Waals surface area contributed by atoms with Crippen LogP contribution in [0.3, 0.4) is 0 Å². The van der Waals surface area contributed by atoms with Crippen molar-refractivity contribution in [1.82, 2.24) is 9.88 Å². The standard InChI is InChI=1S/C32H47N3O2/c1-6-7-9-13-23(2)24(3)25-20-28(34-30(36)14-12-19-35-17-10-8-11-18-35)31-26-22-33-16-15-27(26)32(4,5)37-29(31)21-25/h15-16,20-24H,6-14,17-19H2,1-5H3,(H,34,36). The number of likely N-dealkylation sites (tertiary alicyclic amines) is 1. The van der Waals surface area contributed by atoms with Gasteiger partial charge in [-0.25, -0.2) is 0 Å². The van der Waals surface area contributed by atoms with Crippen LogP contribution in [0.5, 0.6) is 5.75 Å². The molecule has 37 heavy (non-hydrogen) atoms. The van der Waals surface area contributed by atoms with Gasteiger partial charge in [0.05, 0.1) is 5.69 Å². The first-order chi connectivity index (χ1) is 17.8. The summed E-state index contributed by atoms with van der Waals surface area (Å²) in [5, 5.41) is 3.30. The van der Waals surface area contributed by atoms with Crippen molar-refractivity contribution < 1.29 is 9.53 Å². The van der Waals surface area contributed by atoms with Gasteiger partial charge in [0, 0.05) is 35.5 Å². The average molecular weight is 506 g/mol. The van der Waals surface area contributed by atoms with E-state index in [4.69, 9.17) is 4.74 Å². The van der Waals surface area contributed by atoms with Crippen LogP contribution in [0.1, 0.15) is 109 Å². The zero-order valence-corrected chi connectivity index (χ0v) is 23.7. The molecule has 0 radical (unpaired) electrons. The Hall–Kier alpha value is -2.40. The molecule has 1 N–H and O–H groups in total. The summed E-state index contributed by atoms with van der Waals surface area (Å²) in [5.41, 5.74) is 4.73. The molecule has 5 nitrogen and oxygen atoms in total. The van der Waals surface area contributed by atoms with Gasteiger partial charge in [0.1, 0.15) is 11.4 Å². The molecule has 5 heteroatoms. The maximum atomic E-state index is 13.2. The van der Waals surface area contributed by atoms with Crippen LogP contribution in [0, 0.1) is 5.92 Å². The molecule has 202 valence electrons. The number of fused-ring (bicyclic) bond motifs is 3. The average Bonchev–Trinajstić information content (AvgIpc) is 2.88. The van der Waals surface area contributed by atoms with Crippen LogP contribution in [-0.4, -0.2) is 35.4 Å². The molecule has 0 aliphatic carbocycles. The number of hydrogen-bond acceptors (Lipinski definition) is 4. The Labute approximate surface area is 224 Å². The van der Waals surface area contributed by atoms with Gasteiger partial charge in [-0.1, -0.05) is 52.9 Å². The fourth-order valence-corrected chi connectivity index (χ4v) is 5.96. The van der Waals surface area contributed by atoms with Gasteiger partial charge in [-0.05, 0) is 88.3 Å². The Kier molecular flexibility index (Phi) is 9.28. The molecule has 0 bridgehead atoms. The van der Waals surface area contributed by atoms with Crippen molar-refractivity contribution in [2.45, 2.75) is 104 Å². The van der Waals surface area contributed by atoms with E-state index in [9.17, 15) is 4.79 Å². The van der Waals surface area contributed by atoms with Crippen LogP contribution in [0.15, 0.2) is 30.6 Å². The van der Waals surface area contributed by atoms with Crippen molar-refractivity contribution in [2.75, 3.05) is 25.0 Å². The normalized spacial score (nSPS) is 18.3. The number of carbonyl (C=O) groups is 1. The molecular formula is C32H47N3O2. The van der Waals surface area contributed by atoms with E-state index in [0.717, 1.165) is 41.1 Å². The minimum Gasteiger partial charge on any atom is -0.482 e. The number of aromatic nitrogens is 1. The van der Waals surface area contributed by atoms with Gasteiger partial charge in [-0.3, -0.25) is 9.78 Å². The van der Waals surface area contributed by atoms with Crippen molar-refractivity contribution in [3.63, 3.8) is 0 Å². The van der Waals surface area contributed by atoms with E-state index in [-0.39, 0.29) is 5.91 Å². The second kappa shape index (κ2) is 12.4. The van der Waals surface area contributed by atoms with E-state index >= 15 is 0 Å². The predicted molar refractivity (Wildman–Crippen MR) is 153 cm³/mol. The number of nitrogens with zero attached hydrogens (tertiary/aromatic N) is 2. The van der Waals surface area contributed by atoms with Crippen LogP contribution in [0.25, 0.3) is 11.1 Å². The summed E-state index contributed by atoms with van der Waals surface area (Å²) in [7, 11) is 0. The summed E-state index contributed by atoms with van der Waals surface area (Å²) >= 11 is 0. The lowest BCUT2D eigenvalue weighted by atomic mass is 9.82. The first kappa shape index (κ1) is 27.6. The Morgan fingerprint density at radius 3 is 2.68 bits per heavy atom. The quantitative estimate of drug-likeness (QED) is 0.315. The lowest BCUT2D eigenvalue weighted by molar-refractivity contribution is -0.116. The molecule has 1 fully saturated rings. The highest BCUT2D eigenvalue weighted by molar-refractivity contribution is 5.98. The topological polar surface area (TPSA) is 54.5 Å². The van der Waals surface area contributed by atoms with Gasteiger partial charge < -0.3 is 15.0 Å². The smallest absolute Gasteiger partial charge is 0.224 e. The first-order valence-corrected chi connectivity index (χ1v) is 14.6. The van der Waals surface area contributed by atoms with Crippen LogP contribution in [0.4, 0.5) is 5.69 Å². The fraction of sp³-hybridized carbons (Fsp3) is 0.625. The van der Waals surface area contributed by atoms with Crippen LogP contribution < -0.4 is 10.1 Å². The molecule has 2 unspecified atom stereocenters. The number of anilines is 1. The van der Waals surface area contributed by atoms with Crippen LogP contribution in [-0.2, 0) is 10.4 Å². The van der Waals surface area contributed by atoms with Crippen molar-refractivity contribution in [2.24, 2.45) is 5.92 Å². The highest BCUT2D eigenvalue weighted by Crippen LogP contribution is 2.50. The molecule has 1 saturated heterocycles. The number of ether oxygens (including phenoxy) is 1. The van der Waals surface area contributed by atoms with Crippen LogP contribution >= 0.6 is 0 Å². The van der Waals surface area contributed by atoms with Crippen LogP contribution in [0.2, 0.25) is 0 Å². The van der Waals surface area contributed by atoms with E-state index < -0.39 is 5.60 Å². The third kappa shape index (κ3) is 6.73. The van der Waals surface area contributed by atoms with Gasteiger partial charge in [0.25, 0.3) is 0 Å².